The van der Waals surface area contributed by atoms with E-state index in [1.165, 1.54) is 37.7 Å². The van der Waals surface area contributed by atoms with Crippen molar-refractivity contribution in [3.8, 4) is 0 Å². The first-order valence-electron chi connectivity index (χ1n) is 8.11. The number of rotatable bonds is 5. The van der Waals surface area contributed by atoms with Crippen LogP contribution in [0.25, 0.3) is 0 Å². The van der Waals surface area contributed by atoms with Crippen LogP contribution in [-0.2, 0) is 5.41 Å². The Hall–Kier alpha value is -0.860. The molecule has 1 unspecified atom stereocenters. The van der Waals surface area contributed by atoms with Crippen molar-refractivity contribution in [3.05, 3.63) is 35.9 Å². The standard InChI is InChI=1S/C18H30N2/c1-4-14-10-12-15(13-11-14)17(20-19)18(2,3)16-8-6-5-7-9-16/h5-9,14-15,17,20H,4,10-13,19H2,1-3H3. The molecule has 1 aliphatic rings. The lowest BCUT2D eigenvalue weighted by Crippen LogP contribution is -2.53. The second-order valence-electron chi connectivity index (χ2n) is 6.92. The lowest BCUT2D eigenvalue weighted by molar-refractivity contribution is 0.169. The Balaban J connectivity index is 2.12. The van der Waals surface area contributed by atoms with Gasteiger partial charge in [-0.15, -0.1) is 0 Å². The van der Waals surface area contributed by atoms with Crippen LogP contribution in [0.15, 0.2) is 30.3 Å². The van der Waals surface area contributed by atoms with Crippen molar-refractivity contribution in [1.82, 2.24) is 5.43 Å². The van der Waals surface area contributed by atoms with Crippen molar-refractivity contribution in [3.63, 3.8) is 0 Å². The summed E-state index contributed by atoms with van der Waals surface area (Å²) in [5.74, 6) is 7.57. The molecule has 2 nitrogen and oxygen atoms in total. The summed E-state index contributed by atoms with van der Waals surface area (Å²) in [6, 6.07) is 11.1. The summed E-state index contributed by atoms with van der Waals surface area (Å²) in [6.45, 7) is 6.95. The lowest BCUT2D eigenvalue weighted by Gasteiger charge is -2.42. The molecule has 1 saturated carbocycles. The summed E-state index contributed by atoms with van der Waals surface area (Å²) in [5.41, 5.74) is 4.59. The molecule has 1 aliphatic carbocycles. The summed E-state index contributed by atoms with van der Waals surface area (Å²) in [7, 11) is 0. The number of nitrogens with two attached hydrogens (primary N) is 1. The van der Waals surface area contributed by atoms with E-state index in [0.717, 1.165) is 5.92 Å². The Morgan fingerprint density at radius 2 is 1.75 bits per heavy atom. The Morgan fingerprint density at radius 1 is 1.15 bits per heavy atom. The van der Waals surface area contributed by atoms with Crippen molar-refractivity contribution in [1.29, 1.82) is 0 Å². The van der Waals surface area contributed by atoms with Gasteiger partial charge in [-0.3, -0.25) is 11.3 Å². The van der Waals surface area contributed by atoms with Gasteiger partial charge in [0.1, 0.15) is 0 Å². The van der Waals surface area contributed by atoms with Crippen LogP contribution in [0.4, 0.5) is 0 Å². The highest BCUT2D eigenvalue weighted by molar-refractivity contribution is 5.26. The van der Waals surface area contributed by atoms with Gasteiger partial charge < -0.3 is 0 Å². The molecule has 0 aliphatic heterocycles. The minimum absolute atomic E-state index is 0.0692. The first kappa shape index (κ1) is 15.5. The Bertz CT molecular complexity index is 391. The fourth-order valence-electron chi connectivity index (χ4n) is 3.91. The van der Waals surface area contributed by atoms with Crippen molar-refractivity contribution in [2.75, 3.05) is 0 Å². The summed E-state index contributed by atoms with van der Waals surface area (Å²) in [4.78, 5) is 0. The first-order valence-corrected chi connectivity index (χ1v) is 8.11. The molecule has 0 radical (unpaired) electrons. The molecule has 0 aromatic heterocycles. The number of hydrogen-bond donors (Lipinski definition) is 2. The zero-order chi connectivity index (χ0) is 14.6. The molecule has 0 heterocycles. The van der Waals surface area contributed by atoms with Crippen LogP contribution in [0.5, 0.6) is 0 Å². The lowest BCUT2D eigenvalue weighted by atomic mass is 9.67. The van der Waals surface area contributed by atoms with Gasteiger partial charge in [0.25, 0.3) is 0 Å². The van der Waals surface area contributed by atoms with Gasteiger partial charge in [0, 0.05) is 11.5 Å². The average Bonchev–Trinajstić information content (AvgIpc) is 2.49. The second kappa shape index (κ2) is 6.73. The van der Waals surface area contributed by atoms with Gasteiger partial charge >= 0.3 is 0 Å². The summed E-state index contributed by atoms with van der Waals surface area (Å²) in [5, 5.41) is 0. The normalized spacial score (nSPS) is 25.4. The summed E-state index contributed by atoms with van der Waals surface area (Å²) >= 11 is 0. The zero-order valence-electron chi connectivity index (χ0n) is 13.2. The Morgan fingerprint density at radius 3 is 2.25 bits per heavy atom. The molecule has 0 saturated heterocycles. The number of hydrogen-bond acceptors (Lipinski definition) is 2. The molecule has 20 heavy (non-hydrogen) atoms. The SMILES string of the molecule is CCC1CCC(C(NN)C(C)(C)c2ccccc2)CC1. The summed E-state index contributed by atoms with van der Waals surface area (Å²) in [6.07, 6.45) is 6.68. The van der Waals surface area contributed by atoms with Crippen LogP contribution in [0, 0.1) is 11.8 Å². The maximum absolute atomic E-state index is 5.94. The van der Waals surface area contributed by atoms with E-state index < -0.39 is 0 Å². The van der Waals surface area contributed by atoms with Crippen LogP contribution in [0.3, 0.4) is 0 Å². The van der Waals surface area contributed by atoms with E-state index in [1.54, 1.807) is 0 Å². The van der Waals surface area contributed by atoms with Gasteiger partial charge in [0.2, 0.25) is 0 Å². The van der Waals surface area contributed by atoms with Gasteiger partial charge in [0.05, 0.1) is 0 Å². The third-order valence-corrected chi connectivity index (χ3v) is 5.42. The van der Waals surface area contributed by atoms with Gasteiger partial charge in [-0.05, 0) is 30.2 Å². The highest BCUT2D eigenvalue weighted by atomic mass is 15.2. The molecule has 2 heteroatoms. The minimum Gasteiger partial charge on any atom is -0.271 e. The van der Waals surface area contributed by atoms with Crippen LogP contribution in [0.2, 0.25) is 0 Å². The van der Waals surface area contributed by atoms with E-state index >= 15 is 0 Å². The third kappa shape index (κ3) is 3.24. The first-order chi connectivity index (χ1) is 9.59. The van der Waals surface area contributed by atoms with Crippen LogP contribution in [0.1, 0.15) is 58.4 Å². The van der Waals surface area contributed by atoms with E-state index in [1.807, 2.05) is 0 Å². The molecule has 0 amide bonds. The quantitative estimate of drug-likeness (QED) is 0.629. The van der Waals surface area contributed by atoms with Gasteiger partial charge in [-0.25, -0.2) is 0 Å². The van der Waals surface area contributed by atoms with E-state index in [4.69, 9.17) is 5.84 Å². The van der Waals surface area contributed by atoms with Crippen molar-refractivity contribution >= 4 is 0 Å². The molecule has 0 spiro atoms. The average molecular weight is 274 g/mol. The fourth-order valence-corrected chi connectivity index (χ4v) is 3.91. The highest BCUT2D eigenvalue weighted by Crippen LogP contribution is 2.39. The molecule has 1 aromatic carbocycles. The molecule has 0 bridgehead atoms. The van der Waals surface area contributed by atoms with Crippen molar-refractivity contribution < 1.29 is 0 Å². The minimum atomic E-state index is 0.0692. The van der Waals surface area contributed by atoms with Crippen LogP contribution in [-0.4, -0.2) is 6.04 Å². The second-order valence-corrected chi connectivity index (χ2v) is 6.92. The van der Waals surface area contributed by atoms with E-state index in [-0.39, 0.29) is 5.41 Å². The molecule has 1 aromatic rings. The summed E-state index contributed by atoms with van der Waals surface area (Å²) < 4.78 is 0. The predicted molar refractivity (Wildman–Crippen MR) is 86.3 cm³/mol. The van der Waals surface area contributed by atoms with Gasteiger partial charge in [-0.2, -0.15) is 0 Å². The molecule has 2 rings (SSSR count). The van der Waals surface area contributed by atoms with Crippen molar-refractivity contribution in [2.45, 2.75) is 64.3 Å². The van der Waals surface area contributed by atoms with Crippen molar-refractivity contribution in [2.24, 2.45) is 17.7 Å². The van der Waals surface area contributed by atoms with E-state index in [9.17, 15) is 0 Å². The smallest absolute Gasteiger partial charge is 0.0330 e. The maximum Gasteiger partial charge on any atom is 0.0330 e. The molecular formula is C18H30N2. The Labute approximate surface area is 124 Å². The molecule has 1 fully saturated rings. The fraction of sp³-hybridized carbons (Fsp3) is 0.667. The molecule has 3 N–H and O–H groups in total. The highest BCUT2D eigenvalue weighted by Gasteiger charge is 2.37. The van der Waals surface area contributed by atoms with E-state index in [0.29, 0.717) is 12.0 Å². The number of benzene rings is 1. The maximum atomic E-state index is 5.94. The molecule has 112 valence electrons. The van der Waals surface area contributed by atoms with Crippen LogP contribution >= 0.6 is 0 Å². The number of hydrazine groups is 1. The van der Waals surface area contributed by atoms with Gasteiger partial charge in [-0.1, -0.05) is 70.4 Å². The monoisotopic (exact) mass is 274 g/mol. The topological polar surface area (TPSA) is 38.0 Å². The van der Waals surface area contributed by atoms with Gasteiger partial charge in [0.15, 0.2) is 0 Å². The number of nitrogens with one attached hydrogen (secondary N) is 1. The zero-order valence-corrected chi connectivity index (χ0v) is 13.2. The molecular weight excluding hydrogens is 244 g/mol. The molecule has 1 atom stereocenters. The van der Waals surface area contributed by atoms with E-state index in [2.05, 4.69) is 56.5 Å². The van der Waals surface area contributed by atoms with Crippen LogP contribution < -0.4 is 11.3 Å². The predicted octanol–water partition coefficient (Wildman–Crippen LogP) is 4.01. The Kier molecular flexibility index (Phi) is 5.22. The largest absolute Gasteiger partial charge is 0.271 e. The third-order valence-electron chi connectivity index (χ3n) is 5.42.